The van der Waals surface area contributed by atoms with Gasteiger partial charge < -0.3 is 19.6 Å². The van der Waals surface area contributed by atoms with E-state index in [2.05, 4.69) is 0 Å². The number of carbonyl (C=O) groups is 2. The van der Waals surface area contributed by atoms with E-state index in [0.717, 1.165) is 11.3 Å². The minimum Gasteiger partial charge on any atom is -0.503 e. The number of Topliss-reactive ketones (excluding diaryl/α,β-unsaturated/α-hetero) is 1. The van der Waals surface area contributed by atoms with Gasteiger partial charge in [0.15, 0.2) is 11.5 Å². The van der Waals surface area contributed by atoms with Crippen molar-refractivity contribution in [2.75, 3.05) is 39.3 Å². The van der Waals surface area contributed by atoms with E-state index in [9.17, 15) is 14.7 Å². The van der Waals surface area contributed by atoms with Crippen molar-refractivity contribution in [1.82, 2.24) is 4.90 Å². The first-order valence-electron chi connectivity index (χ1n) is 9.31. The predicted octanol–water partition coefficient (Wildman–Crippen LogP) is 3.10. The van der Waals surface area contributed by atoms with Gasteiger partial charge in [0.2, 0.25) is 0 Å². The third kappa shape index (κ3) is 4.69. The molecule has 1 heterocycles. The molecule has 0 saturated heterocycles. The van der Waals surface area contributed by atoms with Crippen LogP contribution < -0.4 is 4.90 Å². The Balaban J connectivity index is 2.42. The number of ketones is 1. The van der Waals surface area contributed by atoms with Gasteiger partial charge in [0.1, 0.15) is 0 Å². The van der Waals surface area contributed by atoms with Gasteiger partial charge in [-0.15, -0.1) is 0 Å². The monoisotopic (exact) mass is 374 g/mol. The van der Waals surface area contributed by atoms with Crippen LogP contribution in [0.15, 0.2) is 35.6 Å². The Bertz CT molecular complexity index is 707. The number of rotatable bonds is 9. The van der Waals surface area contributed by atoms with Crippen molar-refractivity contribution in [3.63, 3.8) is 0 Å². The van der Waals surface area contributed by atoms with Gasteiger partial charge in [0.25, 0.3) is 5.91 Å². The molecule has 27 heavy (non-hydrogen) atoms. The molecule has 2 rings (SSSR count). The van der Waals surface area contributed by atoms with E-state index in [0.29, 0.717) is 26.0 Å². The molecule has 1 amide bonds. The molecule has 0 saturated carbocycles. The molecule has 1 unspecified atom stereocenters. The number of anilines is 1. The maximum atomic E-state index is 12.8. The topological polar surface area (TPSA) is 70.1 Å². The summed E-state index contributed by atoms with van der Waals surface area (Å²) in [7, 11) is 5.51. The highest BCUT2D eigenvalue weighted by atomic mass is 16.5. The van der Waals surface area contributed by atoms with E-state index < -0.39 is 17.7 Å². The van der Waals surface area contributed by atoms with Gasteiger partial charge in [0.05, 0.1) is 11.6 Å². The minimum atomic E-state index is -0.559. The molecule has 0 radical (unpaired) electrons. The van der Waals surface area contributed by atoms with Crippen LogP contribution in [0.25, 0.3) is 0 Å². The SMILES string of the molecule is COCCCN1C(=O)C(O)=C(C(=O)CC(C)C)C1c1ccc(N(C)C)cc1. The Hall–Kier alpha value is -2.34. The molecule has 0 aliphatic carbocycles. The lowest BCUT2D eigenvalue weighted by Crippen LogP contribution is -2.32. The number of amides is 1. The lowest BCUT2D eigenvalue weighted by atomic mass is 9.92. The fourth-order valence-corrected chi connectivity index (χ4v) is 3.33. The van der Waals surface area contributed by atoms with E-state index in [1.165, 1.54) is 0 Å². The maximum absolute atomic E-state index is 12.8. The largest absolute Gasteiger partial charge is 0.503 e. The molecular weight excluding hydrogens is 344 g/mol. The van der Waals surface area contributed by atoms with E-state index in [4.69, 9.17) is 4.74 Å². The minimum absolute atomic E-state index is 0.146. The summed E-state index contributed by atoms with van der Waals surface area (Å²) in [5, 5.41) is 10.5. The third-order valence-electron chi connectivity index (χ3n) is 4.67. The molecule has 1 atom stereocenters. The smallest absolute Gasteiger partial charge is 0.290 e. The van der Waals surface area contributed by atoms with Gasteiger partial charge >= 0.3 is 0 Å². The first kappa shape index (κ1) is 21.0. The molecule has 1 aromatic carbocycles. The second-order valence-corrected chi connectivity index (χ2v) is 7.52. The third-order valence-corrected chi connectivity index (χ3v) is 4.67. The highest BCUT2D eigenvalue weighted by Gasteiger charge is 2.43. The number of carbonyl (C=O) groups excluding carboxylic acids is 2. The summed E-state index contributed by atoms with van der Waals surface area (Å²) in [4.78, 5) is 29.1. The first-order valence-corrected chi connectivity index (χ1v) is 9.31. The van der Waals surface area contributed by atoms with Gasteiger partial charge in [0, 0.05) is 46.5 Å². The van der Waals surface area contributed by atoms with Gasteiger partial charge in [-0.3, -0.25) is 9.59 Å². The van der Waals surface area contributed by atoms with E-state index in [1.54, 1.807) is 12.0 Å². The normalized spacial score (nSPS) is 17.2. The summed E-state index contributed by atoms with van der Waals surface area (Å²) < 4.78 is 5.09. The Morgan fingerprint density at radius 1 is 1.26 bits per heavy atom. The predicted molar refractivity (Wildman–Crippen MR) is 106 cm³/mol. The second-order valence-electron chi connectivity index (χ2n) is 7.52. The van der Waals surface area contributed by atoms with Gasteiger partial charge in [-0.1, -0.05) is 26.0 Å². The zero-order chi connectivity index (χ0) is 20.1. The first-order chi connectivity index (χ1) is 12.8. The lowest BCUT2D eigenvalue weighted by molar-refractivity contribution is -0.129. The van der Waals surface area contributed by atoms with Crippen molar-refractivity contribution in [3.8, 4) is 0 Å². The Labute approximate surface area is 161 Å². The van der Waals surface area contributed by atoms with E-state index in [-0.39, 0.29) is 17.3 Å². The van der Waals surface area contributed by atoms with Crippen LogP contribution in [0, 0.1) is 5.92 Å². The van der Waals surface area contributed by atoms with Crippen LogP contribution in [0.2, 0.25) is 0 Å². The molecule has 1 aliphatic rings. The van der Waals surface area contributed by atoms with E-state index in [1.807, 2.05) is 57.1 Å². The van der Waals surface area contributed by atoms with Crippen molar-refractivity contribution < 1.29 is 19.4 Å². The van der Waals surface area contributed by atoms with E-state index >= 15 is 0 Å². The van der Waals surface area contributed by atoms with Crippen LogP contribution in [-0.4, -0.2) is 56.1 Å². The standard InChI is InChI=1S/C21H30N2O4/c1-14(2)13-17(24)18-19(15-7-9-16(10-8-15)22(3)4)23(11-6-12-27-5)21(26)20(18)25/h7-10,14,19,25H,6,11-13H2,1-5H3. The molecule has 6 nitrogen and oxygen atoms in total. The Morgan fingerprint density at radius 3 is 2.41 bits per heavy atom. The average Bonchev–Trinajstić information content (AvgIpc) is 2.86. The number of benzene rings is 1. The molecule has 6 heteroatoms. The van der Waals surface area contributed by atoms with Crippen LogP contribution in [0.3, 0.4) is 0 Å². The average molecular weight is 374 g/mol. The zero-order valence-corrected chi connectivity index (χ0v) is 16.9. The van der Waals surface area contributed by atoms with Crippen molar-refractivity contribution in [2.24, 2.45) is 5.92 Å². The number of hydrogen-bond acceptors (Lipinski definition) is 5. The molecule has 148 valence electrons. The fraction of sp³-hybridized carbons (Fsp3) is 0.524. The zero-order valence-electron chi connectivity index (χ0n) is 16.9. The summed E-state index contributed by atoms with van der Waals surface area (Å²) in [6.45, 7) is 4.81. The second kappa shape index (κ2) is 9.04. The fourth-order valence-electron chi connectivity index (χ4n) is 3.33. The number of ether oxygens (including phenoxy) is 1. The lowest BCUT2D eigenvalue weighted by Gasteiger charge is -2.27. The molecule has 0 bridgehead atoms. The molecule has 0 spiro atoms. The molecule has 1 N–H and O–H groups in total. The van der Waals surface area contributed by atoms with Crippen LogP contribution >= 0.6 is 0 Å². The molecule has 1 aromatic rings. The van der Waals surface area contributed by atoms with Crippen molar-refractivity contribution in [3.05, 3.63) is 41.2 Å². The molecular formula is C21H30N2O4. The summed E-state index contributed by atoms with van der Waals surface area (Å²) in [6, 6.07) is 7.17. The highest BCUT2D eigenvalue weighted by Crippen LogP contribution is 2.39. The highest BCUT2D eigenvalue weighted by molar-refractivity contribution is 6.09. The molecule has 0 aromatic heterocycles. The quantitative estimate of drug-likeness (QED) is 0.673. The van der Waals surface area contributed by atoms with Crippen molar-refractivity contribution in [1.29, 1.82) is 0 Å². The van der Waals surface area contributed by atoms with Crippen LogP contribution in [0.5, 0.6) is 0 Å². The Morgan fingerprint density at radius 2 is 1.89 bits per heavy atom. The number of aliphatic hydroxyl groups is 1. The number of aliphatic hydroxyl groups excluding tert-OH is 1. The molecule has 0 fully saturated rings. The number of hydrogen-bond donors (Lipinski definition) is 1. The summed E-state index contributed by atoms with van der Waals surface area (Å²) in [6.07, 6.45) is 0.929. The summed E-state index contributed by atoms with van der Waals surface area (Å²) >= 11 is 0. The number of nitrogens with zero attached hydrogens (tertiary/aromatic N) is 2. The van der Waals surface area contributed by atoms with Crippen molar-refractivity contribution in [2.45, 2.75) is 32.7 Å². The summed E-state index contributed by atoms with van der Waals surface area (Å²) in [5.41, 5.74) is 2.06. The number of methoxy groups -OCH3 is 1. The van der Waals surface area contributed by atoms with Gasteiger partial charge in [-0.2, -0.15) is 0 Å². The van der Waals surface area contributed by atoms with Crippen molar-refractivity contribution >= 4 is 17.4 Å². The maximum Gasteiger partial charge on any atom is 0.290 e. The van der Waals surface area contributed by atoms with Gasteiger partial charge in [-0.05, 0) is 30.0 Å². The molecule has 1 aliphatic heterocycles. The Kier molecular flexibility index (Phi) is 7.02. The summed E-state index contributed by atoms with van der Waals surface area (Å²) in [5.74, 6) is -0.932. The van der Waals surface area contributed by atoms with Crippen LogP contribution in [0.4, 0.5) is 5.69 Å². The van der Waals surface area contributed by atoms with Gasteiger partial charge in [-0.25, -0.2) is 0 Å². The van der Waals surface area contributed by atoms with Crippen LogP contribution in [0.1, 0.15) is 38.3 Å². The van der Waals surface area contributed by atoms with Crippen LogP contribution in [-0.2, 0) is 14.3 Å².